The van der Waals surface area contributed by atoms with Crippen molar-refractivity contribution in [3.63, 3.8) is 0 Å². The maximum absolute atomic E-state index is 12.0. The van der Waals surface area contributed by atoms with Gasteiger partial charge in [-0.05, 0) is 37.1 Å². The van der Waals surface area contributed by atoms with Gasteiger partial charge in [-0.1, -0.05) is 0 Å². The van der Waals surface area contributed by atoms with E-state index in [-0.39, 0.29) is 17.0 Å². The van der Waals surface area contributed by atoms with Gasteiger partial charge in [0.15, 0.2) is 0 Å². The number of aromatic hydroxyl groups is 1. The first-order valence-electron chi connectivity index (χ1n) is 5.39. The van der Waals surface area contributed by atoms with Crippen LogP contribution in [0.2, 0.25) is 0 Å². The molecule has 1 N–H and O–H groups in total. The highest BCUT2D eigenvalue weighted by Crippen LogP contribution is 2.18. The van der Waals surface area contributed by atoms with Gasteiger partial charge in [0.25, 0.3) is 5.91 Å². The van der Waals surface area contributed by atoms with E-state index >= 15 is 0 Å². The molecule has 0 radical (unpaired) electrons. The second kappa shape index (κ2) is 4.74. The second-order valence-corrected chi connectivity index (χ2v) is 4.63. The van der Waals surface area contributed by atoms with Crippen molar-refractivity contribution >= 4 is 17.5 Å². The van der Waals surface area contributed by atoms with Crippen LogP contribution in [0.25, 0.3) is 0 Å². The van der Waals surface area contributed by atoms with Gasteiger partial charge in [-0.3, -0.25) is 4.79 Å². The van der Waals surface area contributed by atoms with E-state index in [0.29, 0.717) is 18.7 Å². The minimum Gasteiger partial charge on any atom is -0.508 e. The summed E-state index contributed by atoms with van der Waals surface area (Å²) in [5, 5.41) is 9.34. The molecule has 0 aliphatic carbocycles. The molecule has 2 rings (SSSR count). The summed E-state index contributed by atoms with van der Waals surface area (Å²) in [5.41, 5.74) is 0.617. The van der Waals surface area contributed by atoms with Crippen molar-refractivity contribution in [3.05, 3.63) is 29.8 Å². The van der Waals surface area contributed by atoms with Crippen LogP contribution in [0.1, 0.15) is 23.2 Å². The molecule has 0 bridgehead atoms. The maximum atomic E-state index is 12.0. The van der Waals surface area contributed by atoms with Crippen molar-refractivity contribution in [3.8, 4) is 5.75 Å². The molecule has 1 amide bonds. The van der Waals surface area contributed by atoms with E-state index in [4.69, 9.17) is 16.7 Å². The first kappa shape index (κ1) is 11.3. The SMILES string of the molecule is O=C(c1ccc(O)cc1)N1CCC(Cl)CC1. The Morgan fingerprint density at radius 3 is 2.38 bits per heavy atom. The highest BCUT2D eigenvalue weighted by molar-refractivity contribution is 6.20. The molecule has 4 heteroatoms. The van der Waals surface area contributed by atoms with E-state index in [2.05, 4.69) is 0 Å². The average Bonchev–Trinajstić information content (AvgIpc) is 2.30. The van der Waals surface area contributed by atoms with Crippen molar-refractivity contribution in [2.45, 2.75) is 18.2 Å². The number of phenols is 1. The van der Waals surface area contributed by atoms with Gasteiger partial charge in [-0.25, -0.2) is 0 Å². The smallest absolute Gasteiger partial charge is 0.253 e. The Labute approximate surface area is 99.6 Å². The molecule has 1 aliphatic heterocycles. The summed E-state index contributed by atoms with van der Waals surface area (Å²) in [4.78, 5) is 13.8. The van der Waals surface area contributed by atoms with Gasteiger partial charge in [0, 0.05) is 24.0 Å². The molecular weight excluding hydrogens is 226 g/mol. The number of hydrogen-bond donors (Lipinski definition) is 1. The number of alkyl halides is 1. The highest BCUT2D eigenvalue weighted by Gasteiger charge is 2.22. The average molecular weight is 240 g/mol. The van der Waals surface area contributed by atoms with Crippen LogP contribution in [0.15, 0.2) is 24.3 Å². The van der Waals surface area contributed by atoms with E-state index in [1.54, 1.807) is 12.1 Å². The third kappa shape index (κ3) is 2.47. The van der Waals surface area contributed by atoms with Crippen LogP contribution >= 0.6 is 11.6 Å². The molecule has 16 heavy (non-hydrogen) atoms. The maximum Gasteiger partial charge on any atom is 0.253 e. The summed E-state index contributed by atoms with van der Waals surface area (Å²) in [6, 6.07) is 6.35. The molecule has 0 unspecified atom stereocenters. The Bertz CT molecular complexity index is 369. The van der Waals surface area contributed by atoms with E-state index in [0.717, 1.165) is 12.8 Å². The van der Waals surface area contributed by atoms with Gasteiger partial charge in [0.1, 0.15) is 5.75 Å². The van der Waals surface area contributed by atoms with Crippen LogP contribution < -0.4 is 0 Å². The van der Waals surface area contributed by atoms with Crippen LogP contribution in [-0.4, -0.2) is 34.4 Å². The lowest BCUT2D eigenvalue weighted by molar-refractivity contribution is 0.0726. The molecule has 1 fully saturated rings. The number of benzene rings is 1. The third-order valence-electron chi connectivity index (χ3n) is 2.83. The number of nitrogens with zero attached hydrogens (tertiary/aromatic N) is 1. The second-order valence-electron chi connectivity index (χ2n) is 4.01. The van der Waals surface area contributed by atoms with Crippen LogP contribution in [0, 0.1) is 0 Å². The fraction of sp³-hybridized carbons (Fsp3) is 0.417. The third-order valence-corrected chi connectivity index (χ3v) is 3.26. The Morgan fingerprint density at radius 2 is 1.81 bits per heavy atom. The topological polar surface area (TPSA) is 40.5 Å². The largest absolute Gasteiger partial charge is 0.508 e. The molecule has 86 valence electrons. The van der Waals surface area contributed by atoms with Gasteiger partial charge < -0.3 is 10.0 Å². The number of rotatable bonds is 1. The minimum atomic E-state index is 0.0172. The monoisotopic (exact) mass is 239 g/mol. The van der Waals surface area contributed by atoms with Crippen molar-refractivity contribution < 1.29 is 9.90 Å². The number of piperidine rings is 1. The molecule has 3 nitrogen and oxygen atoms in total. The van der Waals surface area contributed by atoms with Crippen LogP contribution in [-0.2, 0) is 0 Å². The number of phenolic OH excluding ortho intramolecular Hbond substituents is 1. The Hall–Kier alpha value is -1.22. The Morgan fingerprint density at radius 1 is 1.25 bits per heavy atom. The molecule has 1 aromatic carbocycles. The lowest BCUT2D eigenvalue weighted by Gasteiger charge is -2.29. The normalized spacial score (nSPS) is 17.4. The number of carbonyl (C=O) groups excluding carboxylic acids is 1. The van der Waals surface area contributed by atoms with E-state index < -0.39 is 0 Å². The van der Waals surface area contributed by atoms with Crippen molar-refractivity contribution in [1.82, 2.24) is 4.90 Å². The highest BCUT2D eigenvalue weighted by atomic mass is 35.5. The number of amides is 1. The molecule has 1 aromatic rings. The van der Waals surface area contributed by atoms with E-state index in [9.17, 15) is 4.79 Å². The summed E-state index contributed by atoms with van der Waals surface area (Å²) in [6.45, 7) is 1.43. The lowest BCUT2D eigenvalue weighted by Crippen LogP contribution is -2.38. The van der Waals surface area contributed by atoms with Crippen molar-refractivity contribution in [2.24, 2.45) is 0 Å². The van der Waals surface area contributed by atoms with Crippen LogP contribution in [0.4, 0.5) is 0 Å². The first-order chi connectivity index (χ1) is 7.66. The first-order valence-corrected chi connectivity index (χ1v) is 5.83. The Kier molecular flexibility index (Phi) is 3.34. The molecule has 1 saturated heterocycles. The summed E-state index contributed by atoms with van der Waals surface area (Å²) in [5.74, 6) is 0.194. The predicted octanol–water partition coefficient (Wildman–Crippen LogP) is 2.24. The molecule has 1 aliphatic rings. The quantitative estimate of drug-likeness (QED) is 0.764. The molecule has 0 aromatic heterocycles. The van der Waals surface area contributed by atoms with Crippen LogP contribution in [0.5, 0.6) is 5.75 Å². The molecule has 0 atom stereocenters. The number of carbonyl (C=O) groups is 1. The van der Waals surface area contributed by atoms with Crippen LogP contribution in [0.3, 0.4) is 0 Å². The molecule has 1 heterocycles. The minimum absolute atomic E-state index is 0.0172. The number of hydrogen-bond acceptors (Lipinski definition) is 2. The fourth-order valence-electron chi connectivity index (χ4n) is 1.84. The van der Waals surface area contributed by atoms with Gasteiger partial charge in [0.05, 0.1) is 0 Å². The zero-order chi connectivity index (χ0) is 11.5. The Balaban J connectivity index is 2.05. The summed E-state index contributed by atoms with van der Waals surface area (Å²) in [6.07, 6.45) is 1.71. The molecule has 0 spiro atoms. The molecular formula is C12H14ClNO2. The number of likely N-dealkylation sites (tertiary alicyclic amines) is 1. The van der Waals surface area contributed by atoms with Gasteiger partial charge in [-0.15, -0.1) is 11.6 Å². The standard InChI is InChI=1S/C12H14ClNO2/c13-10-5-7-14(8-6-10)12(16)9-1-3-11(15)4-2-9/h1-4,10,15H,5-8H2. The van der Waals surface area contributed by atoms with Gasteiger partial charge in [0.2, 0.25) is 0 Å². The summed E-state index contributed by atoms with van der Waals surface area (Å²) in [7, 11) is 0. The van der Waals surface area contributed by atoms with Crippen molar-refractivity contribution in [2.75, 3.05) is 13.1 Å². The fourth-order valence-corrected chi connectivity index (χ4v) is 2.03. The summed E-state index contributed by atoms with van der Waals surface area (Å²) >= 11 is 5.98. The van der Waals surface area contributed by atoms with Gasteiger partial charge >= 0.3 is 0 Å². The van der Waals surface area contributed by atoms with E-state index in [1.807, 2.05) is 4.90 Å². The van der Waals surface area contributed by atoms with Crippen molar-refractivity contribution in [1.29, 1.82) is 0 Å². The number of halogens is 1. The van der Waals surface area contributed by atoms with Gasteiger partial charge in [-0.2, -0.15) is 0 Å². The van der Waals surface area contributed by atoms with E-state index in [1.165, 1.54) is 12.1 Å². The summed E-state index contributed by atoms with van der Waals surface area (Å²) < 4.78 is 0. The molecule has 0 saturated carbocycles. The zero-order valence-corrected chi connectivity index (χ0v) is 9.65. The predicted molar refractivity (Wildman–Crippen MR) is 62.9 cm³/mol. The zero-order valence-electron chi connectivity index (χ0n) is 8.90. The lowest BCUT2D eigenvalue weighted by atomic mass is 10.1.